The zero-order chi connectivity index (χ0) is 17.6. The molecule has 0 aliphatic rings. The van der Waals surface area contributed by atoms with Crippen molar-refractivity contribution in [3.8, 4) is 5.69 Å². The number of fused-ring (bicyclic) bond motifs is 1. The largest absolute Gasteiger partial charge is 0.481 e. The van der Waals surface area contributed by atoms with E-state index in [-0.39, 0.29) is 11.5 Å². The van der Waals surface area contributed by atoms with Gasteiger partial charge >= 0.3 is 5.97 Å². The first-order valence-electron chi connectivity index (χ1n) is 7.27. The normalized spacial score (nSPS) is 12.5. The van der Waals surface area contributed by atoms with E-state index in [0.29, 0.717) is 5.39 Å². The summed E-state index contributed by atoms with van der Waals surface area (Å²) in [6.45, 7) is 5.37. The number of halogens is 1. The molecule has 24 heavy (non-hydrogen) atoms. The standard InChI is InChI=1S/C16H15BrN4O3/c1-7-4-10(17)5-8(2)12(7)21-6-11-14(20-21)18-13(19-15(11)22)9(3)16(23)24/h4-6,9H,1-3H3,(H,23,24)(H,18,19,20,22). The molecule has 2 N–H and O–H groups in total. The fraction of sp³-hybridized carbons (Fsp3) is 0.250. The second kappa shape index (κ2) is 5.86. The predicted molar refractivity (Wildman–Crippen MR) is 92.7 cm³/mol. The average molecular weight is 391 g/mol. The maximum absolute atomic E-state index is 12.2. The molecule has 0 amide bonds. The maximum atomic E-state index is 12.2. The van der Waals surface area contributed by atoms with Gasteiger partial charge in [-0.2, -0.15) is 0 Å². The zero-order valence-electron chi connectivity index (χ0n) is 13.3. The van der Waals surface area contributed by atoms with Crippen molar-refractivity contribution in [3.63, 3.8) is 0 Å². The van der Waals surface area contributed by atoms with Crippen LogP contribution in [0.25, 0.3) is 16.7 Å². The van der Waals surface area contributed by atoms with Gasteiger partial charge in [-0.3, -0.25) is 9.59 Å². The van der Waals surface area contributed by atoms with Gasteiger partial charge in [-0.05, 0) is 44.0 Å². The molecule has 7 nitrogen and oxygen atoms in total. The van der Waals surface area contributed by atoms with Crippen LogP contribution in [-0.4, -0.2) is 30.8 Å². The first-order valence-corrected chi connectivity index (χ1v) is 8.06. The summed E-state index contributed by atoms with van der Waals surface area (Å²) in [4.78, 5) is 30.1. The van der Waals surface area contributed by atoms with Gasteiger partial charge in [0.05, 0.1) is 5.69 Å². The number of aliphatic carboxylic acids is 1. The topological polar surface area (TPSA) is 101 Å². The summed E-state index contributed by atoms with van der Waals surface area (Å²) in [5.41, 5.74) is 2.67. The van der Waals surface area contributed by atoms with Crippen LogP contribution in [0.1, 0.15) is 29.8 Å². The van der Waals surface area contributed by atoms with Crippen molar-refractivity contribution in [2.24, 2.45) is 0 Å². The van der Waals surface area contributed by atoms with Gasteiger partial charge in [0.15, 0.2) is 5.65 Å². The van der Waals surface area contributed by atoms with E-state index >= 15 is 0 Å². The summed E-state index contributed by atoms with van der Waals surface area (Å²) >= 11 is 3.45. The molecule has 0 saturated carbocycles. The Bertz CT molecular complexity index is 999. The SMILES string of the molecule is Cc1cc(Br)cc(C)c1-n1cc2c(=O)[nH]c(C(C)C(=O)O)nc2n1. The monoisotopic (exact) mass is 390 g/mol. The Balaban J connectivity index is 2.21. The number of carbonyl (C=O) groups is 1. The van der Waals surface area contributed by atoms with Crippen LogP contribution in [0.15, 0.2) is 27.6 Å². The van der Waals surface area contributed by atoms with Crippen LogP contribution in [0, 0.1) is 13.8 Å². The van der Waals surface area contributed by atoms with E-state index in [0.717, 1.165) is 21.3 Å². The van der Waals surface area contributed by atoms with E-state index in [2.05, 4.69) is 31.0 Å². The van der Waals surface area contributed by atoms with Gasteiger partial charge in [0.2, 0.25) is 0 Å². The van der Waals surface area contributed by atoms with Gasteiger partial charge in [0.25, 0.3) is 5.56 Å². The number of carboxylic acid groups (broad SMARTS) is 1. The number of nitrogens with one attached hydrogen (secondary N) is 1. The van der Waals surface area contributed by atoms with Crippen LogP contribution in [0.5, 0.6) is 0 Å². The smallest absolute Gasteiger partial charge is 0.313 e. The molecule has 0 bridgehead atoms. The first-order chi connectivity index (χ1) is 11.3. The minimum atomic E-state index is -1.06. The predicted octanol–water partition coefficient (Wildman–Crippen LogP) is 2.68. The number of nitrogens with zero attached hydrogens (tertiary/aromatic N) is 3. The van der Waals surface area contributed by atoms with E-state index in [4.69, 9.17) is 5.11 Å². The van der Waals surface area contributed by atoms with E-state index in [1.807, 2.05) is 26.0 Å². The summed E-state index contributed by atoms with van der Waals surface area (Å²) < 4.78 is 2.57. The van der Waals surface area contributed by atoms with Crippen molar-refractivity contribution in [2.75, 3.05) is 0 Å². The van der Waals surface area contributed by atoms with Gasteiger partial charge < -0.3 is 10.1 Å². The zero-order valence-corrected chi connectivity index (χ0v) is 14.9. The summed E-state index contributed by atoms with van der Waals surface area (Å²) in [5.74, 6) is -1.88. The highest BCUT2D eigenvalue weighted by molar-refractivity contribution is 9.10. The third-order valence-corrected chi connectivity index (χ3v) is 4.33. The number of benzene rings is 1. The molecule has 8 heteroatoms. The molecular weight excluding hydrogens is 376 g/mol. The Morgan fingerprint density at radius 3 is 2.54 bits per heavy atom. The van der Waals surface area contributed by atoms with Gasteiger partial charge in [-0.1, -0.05) is 15.9 Å². The molecule has 0 aliphatic heterocycles. The van der Waals surface area contributed by atoms with Crippen molar-refractivity contribution in [2.45, 2.75) is 26.7 Å². The van der Waals surface area contributed by atoms with Crippen molar-refractivity contribution in [3.05, 3.63) is 50.1 Å². The maximum Gasteiger partial charge on any atom is 0.313 e. The lowest BCUT2D eigenvalue weighted by Gasteiger charge is -2.10. The van der Waals surface area contributed by atoms with Crippen molar-refractivity contribution in [1.29, 1.82) is 0 Å². The number of hydrogen-bond acceptors (Lipinski definition) is 4. The molecule has 1 unspecified atom stereocenters. The highest BCUT2D eigenvalue weighted by Crippen LogP contribution is 2.24. The molecule has 0 fully saturated rings. The van der Waals surface area contributed by atoms with Crippen LogP contribution in [-0.2, 0) is 4.79 Å². The molecule has 0 aliphatic carbocycles. The summed E-state index contributed by atoms with van der Waals surface area (Å²) in [6.07, 6.45) is 1.61. The van der Waals surface area contributed by atoms with Gasteiger partial charge in [0, 0.05) is 10.7 Å². The molecule has 1 atom stereocenters. The molecule has 0 spiro atoms. The van der Waals surface area contributed by atoms with Gasteiger partial charge in [-0.25, -0.2) is 9.67 Å². The highest BCUT2D eigenvalue weighted by atomic mass is 79.9. The average Bonchev–Trinajstić information content (AvgIpc) is 2.89. The fourth-order valence-electron chi connectivity index (χ4n) is 2.63. The number of rotatable bonds is 3. The Morgan fingerprint density at radius 1 is 1.33 bits per heavy atom. The van der Waals surface area contributed by atoms with Crippen LogP contribution in [0.3, 0.4) is 0 Å². The summed E-state index contributed by atoms with van der Waals surface area (Å²) in [7, 11) is 0. The first kappa shape index (κ1) is 16.4. The van der Waals surface area contributed by atoms with E-state index in [9.17, 15) is 9.59 Å². The Morgan fingerprint density at radius 2 is 1.96 bits per heavy atom. The number of aromatic nitrogens is 4. The van der Waals surface area contributed by atoms with Gasteiger partial charge in [0.1, 0.15) is 17.1 Å². The fourth-order valence-corrected chi connectivity index (χ4v) is 3.32. The van der Waals surface area contributed by atoms with E-state index in [1.54, 1.807) is 10.9 Å². The number of H-pyrrole nitrogens is 1. The molecule has 0 radical (unpaired) electrons. The van der Waals surface area contributed by atoms with Crippen LogP contribution >= 0.6 is 15.9 Å². The lowest BCUT2D eigenvalue weighted by atomic mass is 10.1. The number of hydrogen-bond donors (Lipinski definition) is 2. The molecule has 0 saturated heterocycles. The van der Waals surface area contributed by atoms with Crippen molar-refractivity contribution in [1.82, 2.24) is 19.7 Å². The minimum Gasteiger partial charge on any atom is -0.481 e. The quantitative estimate of drug-likeness (QED) is 0.715. The summed E-state index contributed by atoms with van der Waals surface area (Å²) in [6, 6.07) is 3.93. The second-order valence-corrected chi connectivity index (χ2v) is 6.63. The molecule has 2 heterocycles. The van der Waals surface area contributed by atoms with Crippen molar-refractivity contribution < 1.29 is 9.90 Å². The molecule has 1 aromatic carbocycles. The lowest BCUT2D eigenvalue weighted by Crippen LogP contribution is -2.17. The number of aromatic amines is 1. The second-order valence-electron chi connectivity index (χ2n) is 5.71. The molecule has 3 rings (SSSR count). The lowest BCUT2D eigenvalue weighted by molar-refractivity contribution is -0.138. The highest BCUT2D eigenvalue weighted by Gasteiger charge is 2.19. The van der Waals surface area contributed by atoms with E-state index < -0.39 is 17.4 Å². The molecular formula is C16H15BrN4O3. The molecule has 124 valence electrons. The van der Waals surface area contributed by atoms with Crippen molar-refractivity contribution >= 4 is 32.9 Å². The third kappa shape index (κ3) is 2.73. The molecule has 3 aromatic rings. The Kier molecular flexibility index (Phi) is 4.00. The van der Waals surface area contributed by atoms with Crippen LogP contribution in [0.4, 0.5) is 0 Å². The Hall–Kier alpha value is -2.48. The Labute approximate surface area is 145 Å². The van der Waals surface area contributed by atoms with Crippen LogP contribution in [0.2, 0.25) is 0 Å². The third-order valence-electron chi connectivity index (χ3n) is 3.87. The number of carboxylic acids is 1. The van der Waals surface area contributed by atoms with Crippen LogP contribution < -0.4 is 5.56 Å². The van der Waals surface area contributed by atoms with Gasteiger partial charge in [-0.15, -0.1) is 5.10 Å². The number of aryl methyl sites for hydroxylation is 2. The molecule has 2 aromatic heterocycles. The summed E-state index contributed by atoms with van der Waals surface area (Å²) in [5, 5.41) is 13.8. The minimum absolute atomic E-state index is 0.0921. The van der Waals surface area contributed by atoms with E-state index in [1.165, 1.54) is 6.92 Å².